The topological polar surface area (TPSA) is 100 Å². The Morgan fingerprint density at radius 3 is 2.55 bits per heavy atom. The fraction of sp³-hybridized carbons (Fsp3) is 0.238. The molecule has 2 amide bonds. The van der Waals surface area contributed by atoms with E-state index in [1.807, 2.05) is 0 Å². The minimum atomic E-state index is -4.48. The Morgan fingerprint density at radius 1 is 1.21 bits per heavy atom. The van der Waals surface area contributed by atoms with Crippen LogP contribution in [-0.2, 0) is 12.8 Å². The molecule has 0 saturated carbocycles. The van der Waals surface area contributed by atoms with Gasteiger partial charge in [-0.15, -0.1) is 0 Å². The molecule has 3 aromatic rings. The van der Waals surface area contributed by atoms with Crippen LogP contribution in [0.25, 0.3) is 0 Å². The van der Waals surface area contributed by atoms with Gasteiger partial charge in [-0.1, -0.05) is 0 Å². The first-order valence-electron chi connectivity index (χ1n) is 9.62. The van der Waals surface area contributed by atoms with Gasteiger partial charge in [0, 0.05) is 18.4 Å². The molecule has 0 spiro atoms. The third-order valence-electron chi connectivity index (χ3n) is 5.09. The molecule has 0 bridgehead atoms. The van der Waals surface area contributed by atoms with Gasteiger partial charge in [0.05, 0.1) is 41.9 Å². The van der Waals surface area contributed by atoms with Crippen molar-refractivity contribution in [1.82, 2.24) is 14.8 Å². The molecule has 3 heterocycles. The van der Waals surface area contributed by atoms with Crippen LogP contribution in [0.1, 0.15) is 44.9 Å². The van der Waals surface area contributed by atoms with Crippen LogP contribution in [0.15, 0.2) is 48.9 Å². The highest BCUT2D eigenvalue weighted by molar-refractivity contribution is 7.59. The van der Waals surface area contributed by atoms with Gasteiger partial charge in [-0.25, -0.2) is 0 Å². The number of halogens is 3. The number of aliphatic hydroxyl groups excluding tert-OH is 1. The number of hydrogen-bond acceptors (Lipinski definition) is 5. The quantitative estimate of drug-likeness (QED) is 0.598. The van der Waals surface area contributed by atoms with E-state index in [9.17, 15) is 27.9 Å². The second-order valence-electron chi connectivity index (χ2n) is 7.35. The second-order valence-corrected chi connectivity index (χ2v) is 7.35. The molecule has 174 valence electrons. The Hall–Kier alpha value is -3.38. The van der Waals surface area contributed by atoms with Gasteiger partial charge in [0.15, 0.2) is 0 Å². The molecule has 0 aliphatic carbocycles. The molecule has 0 fully saturated rings. The van der Waals surface area contributed by atoms with Crippen LogP contribution in [0.2, 0.25) is 0 Å². The maximum Gasteiger partial charge on any atom is 0.416 e. The smallest absolute Gasteiger partial charge is 0.392 e. The number of fused-ring (bicyclic) bond motifs is 1. The summed E-state index contributed by atoms with van der Waals surface area (Å²) in [4.78, 5) is 31.3. The van der Waals surface area contributed by atoms with E-state index in [0.29, 0.717) is 11.3 Å². The third-order valence-corrected chi connectivity index (χ3v) is 5.09. The van der Waals surface area contributed by atoms with Crippen molar-refractivity contribution in [3.63, 3.8) is 0 Å². The average Bonchev–Trinajstić information content (AvgIpc) is 3.22. The Bertz CT molecular complexity index is 1180. The van der Waals surface area contributed by atoms with Gasteiger partial charge in [-0.2, -0.15) is 31.8 Å². The summed E-state index contributed by atoms with van der Waals surface area (Å²) >= 11 is 0. The van der Waals surface area contributed by atoms with Crippen LogP contribution in [-0.4, -0.2) is 38.2 Å². The van der Waals surface area contributed by atoms with Gasteiger partial charge >= 0.3 is 6.18 Å². The van der Waals surface area contributed by atoms with Crippen LogP contribution in [0, 0.1) is 0 Å². The number of carbonyl (C=O) groups excluding carboxylic acids is 2. The van der Waals surface area contributed by atoms with E-state index in [-0.39, 0.29) is 49.6 Å². The number of rotatable bonds is 4. The summed E-state index contributed by atoms with van der Waals surface area (Å²) in [5, 5.41) is 16.0. The Labute approximate surface area is 193 Å². The monoisotopic (exact) mass is 479 g/mol. The summed E-state index contributed by atoms with van der Waals surface area (Å²) in [7, 11) is 0. The van der Waals surface area contributed by atoms with Crippen molar-refractivity contribution in [3.05, 3.63) is 71.3 Å². The highest BCUT2D eigenvalue weighted by Gasteiger charge is 2.36. The van der Waals surface area contributed by atoms with Crippen LogP contribution in [0.5, 0.6) is 0 Å². The first kappa shape index (κ1) is 24.3. The number of aliphatic hydroxyl groups is 1. The van der Waals surface area contributed by atoms with Crippen LogP contribution < -0.4 is 10.2 Å². The number of hydrogen-bond donors (Lipinski definition) is 2. The lowest BCUT2D eigenvalue weighted by Crippen LogP contribution is -2.43. The van der Waals surface area contributed by atoms with Crippen molar-refractivity contribution >= 4 is 36.7 Å². The largest absolute Gasteiger partial charge is 0.416 e. The minimum absolute atomic E-state index is 0. The predicted molar refractivity (Wildman–Crippen MR) is 119 cm³/mol. The van der Waals surface area contributed by atoms with E-state index in [1.54, 1.807) is 13.0 Å². The zero-order valence-electron chi connectivity index (χ0n) is 17.3. The molecule has 8 nitrogen and oxygen atoms in total. The van der Waals surface area contributed by atoms with Gasteiger partial charge in [0.1, 0.15) is 5.69 Å². The van der Waals surface area contributed by atoms with Crippen molar-refractivity contribution < 1.29 is 27.9 Å². The van der Waals surface area contributed by atoms with E-state index in [2.05, 4.69) is 15.4 Å². The van der Waals surface area contributed by atoms with Crippen molar-refractivity contribution in [1.29, 1.82) is 0 Å². The van der Waals surface area contributed by atoms with Gasteiger partial charge in [0.25, 0.3) is 11.8 Å². The van der Waals surface area contributed by atoms with Crippen LogP contribution >= 0.6 is 13.5 Å². The number of alkyl halides is 3. The summed E-state index contributed by atoms with van der Waals surface area (Å²) in [6.45, 7) is 1.72. The fourth-order valence-corrected chi connectivity index (χ4v) is 3.52. The zero-order chi connectivity index (χ0) is 23.0. The molecule has 1 aliphatic heterocycles. The highest BCUT2D eigenvalue weighted by Crippen LogP contribution is 2.33. The van der Waals surface area contributed by atoms with Crippen molar-refractivity contribution in [2.24, 2.45) is 0 Å². The predicted octanol–water partition coefficient (Wildman–Crippen LogP) is 3.38. The second kappa shape index (κ2) is 9.24. The molecule has 0 saturated heterocycles. The Kier molecular flexibility index (Phi) is 6.79. The van der Waals surface area contributed by atoms with E-state index in [4.69, 9.17) is 0 Å². The summed E-state index contributed by atoms with van der Waals surface area (Å²) in [6, 6.07) is 5.50. The maximum atomic E-state index is 13.2. The molecular weight excluding hydrogens is 459 g/mol. The number of amides is 2. The number of pyridine rings is 1. The minimum Gasteiger partial charge on any atom is -0.392 e. The molecule has 0 unspecified atom stereocenters. The lowest BCUT2D eigenvalue weighted by molar-refractivity contribution is -0.137. The number of benzene rings is 1. The Morgan fingerprint density at radius 2 is 1.91 bits per heavy atom. The SMILES string of the molecule is C[C@H]1CN(c2ccc(C(F)(F)F)cc2)C(=O)c2c(C(=O)Nc3cncc(CO)c3)cnn21.S. The number of aromatic nitrogens is 3. The molecular formula is C21H20F3N5O3S. The van der Waals surface area contributed by atoms with Gasteiger partial charge < -0.3 is 15.3 Å². The lowest BCUT2D eigenvalue weighted by Gasteiger charge is -2.32. The highest BCUT2D eigenvalue weighted by atomic mass is 32.1. The first-order chi connectivity index (χ1) is 15.2. The number of carbonyl (C=O) groups is 2. The molecule has 0 radical (unpaired) electrons. The van der Waals surface area contributed by atoms with Gasteiger partial charge in [-0.3, -0.25) is 19.3 Å². The van der Waals surface area contributed by atoms with E-state index in [1.165, 1.54) is 40.3 Å². The molecule has 33 heavy (non-hydrogen) atoms. The van der Waals surface area contributed by atoms with Gasteiger partial charge in [-0.05, 0) is 42.8 Å². The van der Waals surface area contributed by atoms with Crippen LogP contribution in [0.3, 0.4) is 0 Å². The fourth-order valence-electron chi connectivity index (χ4n) is 3.52. The standard InChI is InChI=1S/C21H18F3N5O3.H2S/c1-12-10-28(16-4-2-14(3-5-16)21(22,23)24)20(32)18-17(9-26-29(12)18)19(31)27-15-6-13(11-30)7-25-8-15;/h2-9,12,30H,10-11H2,1H3,(H,27,31);1H2/t12-;/m0./s1. The number of anilines is 2. The number of nitrogens with zero attached hydrogens (tertiary/aromatic N) is 4. The summed E-state index contributed by atoms with van der Waals surface area (Å²) in [5.41, 5.74) is 0.354. The van der Waals surface area contributed by atoms with E-state index < -0.39 is 23.6 Å². The molecule has 2 N–H and O–H groups in total. The normalized spacial score (nSPS) is 15.6. The van der Waals surface area contributed by atoms with Crippen molar-refractivity contribution in [2.75, 3.05) is 16.8 Å². The average molecular weight is 479 g/mol. The van der Waals surface area contributed by atoms with E-state index in [0.717, 1.165) is 12.1 Å². The Balaban J connectivity index is 0.00000306. The maximum absolute atomic E-state index is 13.2. The lowest BCUT2D eigenvalue weighted by atomic mass is 10.1. The van der Waals surface area contributed by atoms with E-state index >= 15 is 0 Å². The first-order valence-corrected chi connectivity index (χ1v) is 9.62. The molecule has 12 heteroatoms. The zero-order valence-corrected chi connectivity index (χ0v) is 18.3. The molecule has 1 atom stereocenters. The molecule has 4 rings (SSSR count). The van der Waals surface area contributed by atoms with Crippen LogP contribution in [0.4, 0.5) is 24.5 Å². The molecule has 1 aromatic carbocycles. The molecule has 1 aliphatic rings. The van der Waals surface area contributed by atoms with Crippen molar-refractivity contribution in [3.8, 4) is 0 Å². The summed E-state index contributed by atoms with van der Waals surface area (Å²) < 4.78 is 40.0. The van der Waals surface area contributed by atoms with Crippen molar-refractivity contribution in [2.45, 2.75) is 25.7 Å². The molecule has 2 aromatic heterocycles. The van der Waals surface area contributed by atoms with Gasteiger partial charge in [0.2, 0.25) is 0 Å². The summed E-state index contributed by atoms with van der Waals surface area (Å²) in [6.07, 6.45) is -0.362. The summed E-state index contributed by atoms with van der Waals surface area (Å²) in [5.74, 6) is -1.15. The third kappa shape index (κ3) is 4.71. The number of nitrogens with one attached hydrogen (secondary N) is 1.